The molecule has 0 radical (unpaired) electrons. The van der Waals surface area contributed by atoms with Crippen LogP contribution in [0.5, 0.6) is 0 Å². The lowest BCUT2D eigenvalue weighted by atomic mass is 10.1. The van der Waals surface area contributed by atoms with Gasteiger partial charge in [0.05, 0.1) is 11.1 Å². The van der Waals surface area contributed by atoms with E-state index in [1.165, 1.54) is 72.8 Å². The van der Waals surface area contributed by atoms with E-state index in [2.05, 4.69) is 61.2 Å². The van der Waals surface area contributed by atoms with Gasteiger partial charge in [0.25, 0.3) is 56.9 Å². The molecule has 0 fully saturated rings. The number of nitrogen functional groups attached to an aromatic ring is 2. The lowest BCUT2D eigenvalue weighted by Crippen LogP contribution is -2.37. The first-order valence-corrected chi connectivity index (χ1v) is 24.8. The van der Waals surface area contributed by atoms with E-state index in [0.717, 1.165) is 33.1 Å². The third-order valence-corrected chi connectivity index (χ3v) is 12.8. The number of carbonyl (C=O) groups excluding carboxylic acids is 4. The van der Waals surface area contributed by atoms with Gasteiger partial charge in [-0.3, -0.25) is 47.4 Å². The molecule has 86 heavy (non-hydrogen) atoms. The molecule has 6 aromatic carbocycles. The highest BCUT2D eigenvalue weighted by Gasteiger charge is 2.24. The second kappa shape index (κ2) is 24.4. The van der Waals surface area contributed by atoms with Gasteiger partial charge in [0.1, 0.15) is 57.2 Å². The zero-order chi connectivity index (χ0) is 61.7. The van der Waals surface area contributed by atoms with Gasteiger partial charge in [0.15, 0.2) is 0 Å². The van der Waals surface area contributed by atoms with Crippen molar-refractivity contribution in [2.24, 2.45) is 0 Å². The number of fused-ring (bicyclic) bond motifs is 2. The van der Waals surface area contributed by atoms with Crippen molar-refractivity contribution in [3.05, 3.63) is 238 Å². The van der Waals surface area contributed by atoms with E-state index < -0.39 is 80.4 Å². The minimum atomic E-state index is -1.10. The summed E-state index contributed by atoms with van der Waals surface area (Å²) in [6.45, 7) is -0.558. The number of amides is 4. The summed E-state index contributed by atoms with van der Waals surface area (Å²) in [5.74, 6) is -9.18. The maximum atomic E-state index is 14.4. The van der Waals surface area contributed by atoms with E-state index in [0.29, 0.717) is 22.3 Å². The first kappa shape index (κ1) is 58.3. The van der Waals surface area contributed by atoms with E-state index in [-0.39, 0.29) is 119 Å². The Bertz CT molecular complexity index is 4670. The van der Waals surface area contributed by atoms with Crippen LogP contribution in [0.3, 0.4) is 0 Å². The molecule has 4 amide bonds. The van der Waals surface area contributed by atoms with Crippen LogP contribution in [0.2, 0.25) is 0 Å². The van der Waals surface area contributed by atoms with Crippen LogP contribution in [0.25, 0.3) is 11.6 Å². The second-order valence-electron chi connectivity index (χ2n) is 18.4. The predicted octanol–water partition coefficient (Wildman–Crippen LogP) is 0.340. The topological polar surface area (TPSA) is 456 Å². The summed E-state index contributed by atoms with van der Waals surface area (Å²) in [6.07, 6.45) is 0. The van der Waals surface area contributed by atoms with Crippen LogP contribution in [0.1, 0.15) is 96.1 Å². The zero-order valence-electron chi connectivity index (χ0n) is 43.7. The van der Waals surface area contributed by atoms with Crippen molar-refractivity contribution in [2.75, 3.05) is 22.1 Å². The van der Waals surface area contributed by atoms with E-state index >= 15 is 0 Å². The Hall–Kier alpha value is -12.4. The molecule has 32 heteroatoms. The molecular formula is C54H40F2N14O16. The molecule has 0 saturated heterocycles. The van der Waals surface area contributed by atoms with Gasteiger partial charge in [-0.05, 0) is 93.2 Å². The molecule has 30 nitrogen and oxygen atoms in total. The number of nitrogens with zero attached hydrogens (tertiary/aromatic N) is 6. The molecule has 0 aliphatic rings. The van der Waals surface area contributed by atoms with Crippen LogP contribution in [0, 0.1) is 11.6 Å². The first-order chi connectivity index (χ1) is 41.1. The summed E-state index contributed by atoms with van der Waals surface area (Å²) in [4.78, 5) is 152. The SMILES string of the molecule is Nc1c(NCc2cc(CNC(=O)c3cc(C(=O)NCc4ccc(C(=O)O)cc4)n4c(=O)onc4n3)ccc2F)c(=O)c1=O.Nc1c(NCc2cc(CNC(=O)c3cc(C(=O)NCc4ccc(C(=O)O)cc4)nc4noc(=O)n34)ccc2F)c(=O)c1=O. The Balaban J connectivity index is 0.000000205. The van der Waals surface area contributed by atoms with Crippen molar-refractivity contribution in [2.45, 2.75) is 39.3 Å². The Morgan fingerprint density at radius 3 is 1.14 bits per heavy atom. The number of nitrogens with one attached hydrogen (secondary N) is 6. The first-order valence-electron chi connectivity index (χ1n) is 24.8. The van der Waals surface area contributed by atoms with Gasteiger partial charge in [-0.2, -0.15) is 0 Å². The van der Waals surface area contributed by atoms with Crippen LogP contribution in [0.4, 0.5) is 31.5 Å². The number of nitrogens with two attached hydrogens (primary N) is 2. The zero-order valence-corrected chi connectivity index (χ0v) is 43.7. The van der Waals surface area contributed by atoms with Crippen LogP contribution < -0.4 is 76.6 Å². The van der Waals surface area contributed by atoms with Crippen molar-refractivity contribution in [1.29, 1.82) is 0 Å². The molecule has 12 N–H and O–H groups in total. The highest BCUT2D eigenvalue weighted by atomic mass is 19.1. The monoisotopic (exact) mass is 1180 g/mol. The average molecular weight is 1180 g/mol. The van der Waals surface area contributed by atoms with Crippen molar-refractivity contribution in [3.8, 4) is 0 Å². The molecule has 4 heterocycles. The number of rotatable bonds is 20. The highest BCUT2D eigenvalue weighted by molar-refractivity contribution is 5.99. The summed E-state index contributed by atoms with van der Waals surface area (Å²) in [6, 6.07) is 21.7. The molecule has 0 aliphatic carbocycles. The summed E-state index contributed by atoms with van der Waals surface area (Å²) in [5, 5.41) is 40.6. The van der Waals surface area contributed by atoms with E-state index in [9.17, 15) is 66.3 Å². The average Bonchev–Trinajstić information content (AvgIpc) is 2.52. The quantitative estimate of drug-likeness (QED) is 0.0460. The van der Waals surface area contributed by atoms with Crippen molar-refractivity contribution in [1.82, 2.24) is 50.3 Å². The lowest BCUT2D eigenvalue weighted by Gasteiger charge is -2.12. The maximum Gasteiger partial charge on any atom is 0.448 e. The molecule has 0 saturated carbocycles. The maximum absolute atomic E-state index is 14.4. The molecule has 0 atom stereocenters. The number of hydrogen-bond acceptors (Lipinski definition) is 22. The fourth-order valence-corrected chi connectivity index (χ4v) is 8.18. The van der Waals surface area contributed by atoms with Gasteiger partial charge in [-0.1, -0.05) is 36.4 Å². The van der Waals surface area contributed by atoms with Crippen molar-refractivity contribution >= 4 is 69.9 Å². The second-order valence-corrected chi connectivity index (χ2v) is 18.4. The highest BCUT2D eigenvalue weighted by Crippen LogP contribution is 2.18. The minimum absolute atomic E-state index is 0.00878. The van der Waals surface area contributed by atoms with Crippen LogP contribution in [0.15, 0.2) is 135 Å². The third-order valence-electron chi connectivity index (χ3n) is 12.8. The van der Waals surface area contributed by atoms with E-state index in [1.54, 1.807) is 0 Å². The number of carboxylic acids is 2. The molecule has 436 valence electrons. The molecule has 0 unspecified atom stereocenters. The number of anilines is 4. The predicted molar refractivity (Wildman–Crippen MR) is 294 cm³/mol. The number of hydrogen-bond donors (Lipinski definition) is 10. The fourth-order valence-electron chi connectivity index (χ4n) is 8.18. The molecule has 0 spiro atoms. The minimum Gasteiger partial charge on any atom is -0.478 e. The standard InChI is InChI=1S/2C27H20FN7O8/c28-16-6-3-13(7-15(16)11-30-20-19(29)21(36)22(20)37)10-31-23(38)17-8-18(35-26(33-17)34-43-27(35)42)24(39)32-9-12-1-4-14(5-2-12)25(40)41;28-16-6-3-13(7-15(16)11-30-20-19(29)21(36)22(20)37)10-32-24(39)18-8-17(33-26-34-43-27(42)35(18)26)23(38)31-9-12-1-4-14(5-2-12)25(40)41/h2*1-8,30H,9-11,29H2,(H,31,38)(H,32,39)(H,40,41). The van der Waals surface area contributed by atoms with Gasteiger partial charge in [0, 0.05) is 50.4 Å². The van der Waals surface area contributed by atoms with Gasteiger partial charge in [-0.15, -0.1) is 0 Å². The Morgan fingerprint density at radius 1 is 0.453 bits per heavy atom. The summed E-state index contributed by atoms with van der Waals surface area (Å²) in [7, 11) is 0. The molecule has 0 bridgehead atoms. The van der Waals surface area contributed by atoms with Gasteiger partial charge < -0.3 is 53.6 Å². The number of carbonyl (C=O) groups is 6. The number of aromatic carboxylic acids is 2. The number of halogens is 2. The summed E-state index contributed by atoms with van der Waals surface area (Å²) in [5.41, 5.74) is 8.44. The van der Waals surface area contributed by atoms with Gasteiger partial charge in [-0.25, -0.2) is 46.7 Å². The molecule has 4 aromatic heterocycles. The summed E-state index contributed by atoms with van der Waals surface area (Å²) < 4.78 is 39.4. The molecular weight excluding hydrogens is 1140 g/mol. The third kappa shape index (κ3) is 12.4. The van der Waals surface area contributed by atoms with E-state index in [4.69, 9.17) is 21.7 Å². The van der Waals surface area contributed by atoms with Gasteiger partial charge >= 0.3 is 23.5 Å². The van der Waals surface area contributed by atoms with Crippen LogP contribution in [-0.4, -0.2) is 74.9 Å². The van der Waals surface area contributed by atoms with Crippen LogP contribution >= 0.6 is 0 Å². The molecule has 10 rings (SSSR count). The fraction of sp³-hybridized carbons (Fsp3) is 0.111. The van der Waals surface area contributed by atoms with Gasteiger partial charge in [0.2, 0.25) is 0 Å². The number of benzene rings is 4. The lowest BCUT2D eigenvalue weighted by molar-refractivity contribution is 0.0686. The Morgan fingerprint density at radius 2 is 0.791 bits per heavy atom. The number of aromatic nitrogens is 6. The van der Waals surface area contributed by atoms with Crippen molar-refractivity contribution in [3.63, 3.8) is 0 Å². The number of carboxylic acid groups (broad SMARTS) is 2. The normalized spacial score (nSPS) is 11.0. The largest absolute Gasteiger partial charge is 0.478 e. The smallest absolute Gasteiger partial charge is 0.448 e. The van der Waals surface area contributed by atoms with E-state index in [1.807, 2.05) is 0 Å². The molecule has 10 aromatic rings. The Kier molecular flexibility index (Phi) is 16.5. The van der Waals surface area contributed by atoms with Crippen LogP contribution in [-0.2, 0) is 39.3 Å². The summed E-state index contributed by atoms with van der Waals surface area (Å²) >= 11 is 0. The Labute approximate surface area is 475 Å². The molecule has 0 aliphatic heterocycles. The van der Waals surface area contributed by atoms with Crippen molar-refractivity contribution < 1.29 is 56.8 Å².